The maximum atomic E-state index is 3.25. The van der Waals surface area contributed by atoms with Crippen molar-refractivity contribution in [3.8, 4) is 0 Å². The molecule has 1 radical (unpaired) electrons. The third-order valence-electron chi connectivity index (χ3n) is 0. The quantitative estimate of drug-likeness (QED) is 0.583. The van der Waals surface area contributed by atoms with E-state index in [1.165, 1.54) is 0 Å². The molecule has 0 rings (SSSR count). The monoisotopic (exact) mass is 251 g/mol. The van der Waals surface area contributed by atoms with Gasteiger partial charge in [0.25, 0.3) is 0 Å². The molecule has 0 aliphatic carbocycles. The van der Waals surface area contributed by atoms with Crippen LogP contribution in [-0.2, 0) is 13.2 Å². The molecule has 0 nitrogen and oxygen atoms in total. The van der Waals surface area contributed by atoms with E-state index in [4.69, 9.17) is 0 Å². The van der Waals surface area contributed by atoms with Crippen LogP contribution in [0.5, 0.6) is 0 Å². The summed E-state index contributed by atoms with van der Waals surface area (Å²) in [6, 6.07) is 0. The summed E-state index contributed by atoms with van der Waals surface area (Å²) in [5.74, 6) is 0. The SMILES string of the molecule is [Br][Zn][Br].[CH2]C. The second-order valence-electron chi connectivity index (χ2n) is 0.101. The van der Waals surface area contributed by atoms with Gasteiger partial charge in [0.05, 0.1) is 0 Å². The predicted molar refractivity (Wildman–Crippen MR) is 28.9 cm³/mol. The molecule has 5 heavy (non-hydrogen) atoms. The molecule has 3 heteroatoms. The molecule has 0 saturated carbocycles. The van der Waals surface area contributed by atoms with Crippen molar-refractivity contribution >= 4 is 27.2 Å². The fourth-order valence-corrected chi connectivity index (χ4v) is 0. The Morgan fingerprint density at radius 1 is 1.40 bits per heavy atom. The van der Waals surface area contributed by atoms with E-state index in [-0.39, 0.29) is 13.2 Å². The Hall–Kier alpha value is 1.58. The predicted octanol–water partition coefficient (Wildman–Crippen LogP) is 2.53. The Bertz CT molecular complexity index is 7.61. The van der Waals surface area contributed by atoms with E-state index in [0.717, 1.165) is 0 Å². The van der Waals surface area contributed by atoms with Gasteiger partial charge in [-0.3, -0.25) is 0 Å². The molecule has 0 amide bonds. The van der Waals surface area contributed by atoms with Crippen LogP contribution in [0.3, 0.4) is 0 Å². The minimum Gasteiger partial charge on any atom is -0.0654 e. The fraction of sp³-hybridized carbons (Fsp3) is 0.500. The summed E-state index contributed by atoms with van der Waals surface area (Å²) < 4.78 is 0. The average molecular weight is 254 g/mol. The molecule has 0 N–H and O–H groups in total. The molecule has 29 valence electrons. The molecule has 0 spiro atoms. The van der Waals surface area contributed by atoms with Gasteiger partial charge in [-0.05, 0) is 0 Å². The van der Waals surface area contributed by atoms with Crippen LogP contribution in [0.25, 0.3) is 0 Å². The Labute approximate surface area is 54.0 Å². The largest absolute Gasteiger partial charge is 0.0654 e. The summed E-state index contributed by atoms with van der Waals surface area (Å²) in [5, 5.41) is 0. The van der Waals surface area contributed by atoms with Crippen LogP contribution in [-0.4, -0.2) is 0 Å². The molecule has 0 aliphatic rings. The first-order valence-corrected chi connectivity index (χ1v) is 15.1. The summed E-state index contributed by atoms with van der Waals surface area (Å²) in [5.41, 5.74) is 0. The maximum absolute atomic E-state index is 3.25. The molecule has 0 aliphatic heterocycles. The third-order valence-corrected chi connectivity index (χ3v) is 0. The zero-order valence-electron chi connectivity index (χ0n) is 3.17. The van der Waals surface area contributed by atoms with Crippen molar-refractivity contribution in [2.75, 3.05) is 0 Å². The van der Waals surface area contributed by atoms with Gasteiger partial charge in [0, 0.05) is 0 Å². The van der Waals surface area contributed by atoms with E-state index < -0.39 is 0 Å². The van der Waals surface area contributed by atoms with Crippen molar-refractivity contribution in [3.63, 3.8) is 0 Å². The average Bonchev–Trinajstić information content (AvgIpc) is 1.46. The molecular formula is C2H5Br2Zn. The molecular weight excluding hydrogens is 249 g/mol. The van der Waals surface area contributed by atoms with Gasteiger partial charge in [-0.25, -0.2) is 0 Å². The van der Waals surface area contributed by atoms with Crippen molar-refractivity contribution in [2.45, 2.75) is 6.92 Å². The summed E-state index contributed by atoms with van der Waals surface area (Å²) in [6.07, 6.45) is 0. The van der Waals surface area contributed by atoms with E-state index in [0.29, 0.717) is 0 Å². The molecule has 0 heterocycles. The van der Waals surface area contributed by atoms with Gasteiger partial charge >= 0.3 is 40.5 Å². The van der Waals surface area contributed by atoms with E-state index in [1.807, 2.05) is 0 Å². The van der Waals surface area contributed by atoms with E-state index >= 15 is 0 Å². The smallest absolute Gasteiger partial charge is 0.0564 e. The van der Waals surface area contributed by atoms with E-state index in [1.54, 1.807) is 6.92 Å². The Morgan fingerprint density at radius 2 is 1.40 bits per heavy atom. The Kier molecular flexibility index (Phi) is 34.3. The summed E-state index contributed by atoms with van der Waals surface area (Å²) in [7, 11) is 0. The molecule has 0 aromatic heterocycles. The van der Waals surface area contributed by atoms with Crippen molar-refractivity contribution in [2.24, 2.45) is 0 Å². The number of rotatable bonds is 0. The number of hydrogen-bond donors (Lipinski definition) is 0. The van der Waals surface area contributed by atoms with Crippen LogP contribution < -0.4 is 0 Å². The van der Waals surface area contributed by atoms with Crippen molar-refractivity contribution in [1.82, 2.24) is 0 Å². The molecule has 0 fully saturated rings. The van der Waals surface area contributed by atoms with Gasteiger partial charge < -0.3 is 0 Å². The molecule has 0 saturated heterocycles. The van der Waals surface area contributed by atoms with Crippen LogP contribution in [0.1, 0.15) is 6.92 Å². The van der Waals surface area contributed by atoms with E-state index in [9.17, 15) is 0 Å². The second-order valence-corrected chi connectivity index (χ2v) is 14.2. The number of hydrogen-bond acceptors (Lipinski definition) is 0. The molecule has 0 aromatic rings. The Morgan fingerprint density at radius 3 is 1.40 bits per heavy atom. The summed E-state index contributed by atoms with van der Waals surface area (Å²) in [4.78, 5) is 0. The van der Waals surface area contributed by atoms with Gasteiger partial charge in [0.1, 0.15) is 0 Å². The van der Waals surface area contributed by atoms with Crippen LogP contribution in [0, 0.1) is 6.92 Å². The fourth-order valence-electron chi connectivity index (χ4n) is 0. The first kappa shape index (κ1) is 9.77. The van der Waals surface area contributed by atoms with Crippen molar-refractivity contribution in [1.29, 1.82) is 0 Å². The standard InChI is InChI=1S/C2H5.2BrH.Zn/c1-2;;;/h1H2,2H3;2*1H;/q;;;+2/p-2. The zero-order chi connectivity index (χ0) is 4.71. The minimum absolute atomic E-state index is 0.250. The zero-order valence-corrected chi connectivity index (χ0v) is 9.31. The molecule has 0 unspecified atom stereocenters. The first-order valence-electron chi connectivity index (χ1n) is 1.24. The van der Waals surface area contributed by atoms with Gasteiger partial charge in [-0.2, -0.15) is 0 Å². The van der Waals surface area contributed by atoms with Gasteiger partial charge in [0.15, 0.2) is 0 Å². The normalized spacial score (nSPS) is 3.20. The second kappa shape index (κ2) is 17.6. The van der Waals surface area contributed by atoms with Crippen LogP contribution >= 0.6 is 27.2 Å². The van der Waals surface area contributed by atoms with E-state index in [2.05, 4.69) is 34.2 Å². The summed E-state index contributed by atoms with van der Waals surface area (Å²) in [6.45, 7) is 5.00. The van der Waals surface area contributed by atoms with Gasteiger partial charge in [0.2, 0.25) is 0 Å². The summed E-state index contributed by atoms with van der Waals surface area (Å²) >= 11 is 6.25. The maximum Gasteiger partial charge on any atom is -0.0564 e. The van der Waals surface area contributed by atoms with Crippen molar-refractivity contribution in [3.05, 3.63) is 6.92 Å². The van der Waals surface area contributed by atoms with Crippen LogP contribution in [0.4, 0.5) is 0 Å². The molecule has 0 atom stereocenters. The van der Waals surface area contributed by atoms with Gasteiger partial charge in [-0.15, -0.1) is 0 Å². The first-order chi connectivity index (χ1) is 2.41. The third kappa shape index (κ3) is 28.6. The minimum atomic E-state index is -0.250. The van der Waals surface area contributed by atoms with Crippen LogP contribution in [0.15, 0.2) is 0 Å². The van der Waals surface area contributed by atoms with Crippen LogP contribution in [0.2, 0.25) is 0 Å². The molecule has 0 aromatic carbocycles. The van der Waals surface area contributed by atoms with Crippen molar-refractivity contribution < 1.29 is 13.2 Å². The number of halogens is 2. The topological polar surface area (TPSA) is 0 Å². The molecule has 0 bridgehead atoms. The Balaban J connectivity index is 0. The van der Waals surface area contributed by atoms with Gasteiger partial charge in [-0.1, -0.05) is 13.8 Å².